The summed E-state index contributed by atoms with van der Waals surface area (Å²) in [4.78, 5) is 24.6. The first-order valence-electron chi connectivity index (χ1n) is 7.30. The molecule has 0 bridgehead atoms. The van der Waals surface area contributed by atoms with Gasteiger partial charge in [-0.25, -0.2) is 4.79 Å². The van der Waals surface area contributed by atoms with Crippen molar-refractivity contribution in [3.8, 4) is 0 Å². The molecule has 0 amide bonds. The van der Waals surface area contributed by atoms with Crippen molar-refractivity contribution in [2.45, 2.75) is 33.2 Å². The van der Waals surface area contributed by atoms with Gasteiger partial charge in [-0.15, -0.1) is 0 Å². The number of hydrogen-bond acceptors (Lipinski definition) is 4. The van der Waals surface area contributed by atoms with Crippen LogP contribution >= 0.6 is 0 Å². The van der Waals surface area contributed by atoms with Crippen LogP contribution in [0.3, 0.4) is 0 Å². The van der Waals surface area contributed by atoms with E-state index in [1.165, 1.54) is 0 Å². The minimum absolute atomic E-state index is 0.0325. The van der Waals surface area contributed by atoms with Gasteiger partial charge in [0.2, 0.25) is 0 Å². The highest BCUT2D eigenvalue weighted by Crippen LogP contribution is 2.19. The number of rotatable bonds is 6. The number of hydrogen-bond donors (Lipinski definition) is 0. The smallest absolute Gasteiger partial charge is 0.331 e. The molecule has 5 nitrogen and oxygen atoms in total. The summed E-state index contributed by atoms with van der Waals surface area (Å²) in [6, 6.07) is 10.1. The number of carbonyl (C=O) groups is 2. The summed E-state index contributed by atoms with van der Waals surface area (Å²) < 4.78 is 6.69. The van der Waals surface area contributed by atoms with Crippen LogP contribution in [0.4, 0.5) is 0 Å². The molecule has 0 aliphatic heterocycles. The van der Waals surface area contributed by atoms with Gasteiger partial charge in [-0.05, 0) is 26.8 Å². The van der Waals surface area contributed by atoms with Crippen molar-refractivity contribution in [3.63, 3.8) is 0 Å². The Labute approximate surface area is 129 Å². The Morgan fingerprint density at radius 2 is 1.91 bits per heavy atom. The van der Waals surface area contributed by atoms with Gasteiger partial charge < -0.3 is 4.74 Å². The summed E-state index contributed by atoms with van der Waals surface area (Å²) in [6.45, 7) is 5.73. The first-order valence-corrected chi connectivity index (χ1v) is 7.30. The average molecular weight is 300 g/mol. The van der Waals surface area contributed by atoms with Crippen LogP contribution in [0.5, 0.6) is 0 Å². The largest absolute Gasteiger partial charge is 0.464 e. The highest BCUT2D eigenvalue weighted by atomic mass is 16.5. The van der Waals surface area contributed by atoms with Crippen LogP contribution in [0, 0.1) is 13.8 Å². The fourth-order valence-electron chi connectivity index (χ4n) is 2.39. The maximum Gasteiger partial charge on any atom is 0.331 e. The van der Waals surface area contributed by atoms with Crippen LogP contribution in [0.2, 0.25) is 0 Å². The molecule has 0 spiro atoms. The van der Waals surface area contributed by atoms with Gasteiger partial charge in [0.15, 0.2) is 11.8 Å². The third-order valence-electron chi connectivity index (χ3n) is 3.37. The van der Waals surface area contributed by atoms with Gasteiger partial charge in [0.1, 0.15) is 0 Å². The number of ether oxygens (including phenoxy) is 1. The standard InChI is InChI=1S/C17H20N2O3/c1-4-22-17(21)15(19-13(3)10-12(2)18-19)11-16(20)14-8-6-5-7-9-14/h5-10,15H,4,11H2,1-3H3. The van der Waals surface area contributed by atoms with Crippen molar-refractivity contribution >= 4 is 11.8 Å². The van der Waals surface area contributed by atoms with E-state index in [9.17, 15) is 9.59 Å². The third kappa shape index (κ3) is 3.61. The predicted octanol–water partition coefficient (Wildman–Crippen LogP) is 2.88. The number of benzene rings is 1. The molecule has 1 atom stereocenters. The number of carbonyl (C=O) groups excluding carboxylic acids is 2. The number of Topliss-reactive ketones (excluding diaryl/α,β-unsaturated/α-hetero) is 1. The topological polar surface area (TPSA) is 61.2 Å². The van der Waals surface area contributed by atoms with Crippen molar-refractivity contribution in [2.75, 3.05) is 6.61 Å². The molecule has 0 aliphatic carbocycles. The minimum Gasteiger partial charge on any atom is -0.464 e. The third-order valence-corrected chi connectivity index (χ3v) is 3.37. The van der Waals surface area contributed by atoms with Gasteiger partial charge in [-0.1, -0.05) is 30.3 Å². The van der Waals surface area contributed by atoms with Gasteiger partial charge in [0.25, 0.3) is 0 Å². The Morgan fingerprint density at radius 3 is 2.45 bits per heavy atom. The second-order valence-electron chi connectivity index (χ2n) is 5.13. The maximum absolute atomic E-state index is 12.4. The van der Waals surface area contributed by atoms with E-state index < -0.39 is 12.0 Å². The highest BCUT2D eigenvalue weighted by molar-refractivity contribution is 5.98. The molecular formula is C17H20N2O3. The van der Waals surface area contributed by atoms with Gasteiger partial charge in [-0.3, -0.25) is 9.48 Å². The Hall–Kier alpha value is -2.43. The van der Waals surface area contributed by atoms with Crippen molar-refractivity contribution in [2.24, 2.45) is 0 Å². The van der Waals surface area contributed by atoms with Crippen molar-refractivity contribution < 1.29 is 14.3 Å². The van der Waals surface area contributed by atoms with Crippen LogP contribution in [0.15, 0.2) is 36.4 Å². The molecule has 0 saturated heterocycles. The average Bonchev–Trinajstić information content (AvgIpc) is 2.84. The number of aromatic nitrogens is 2. The molecule has 1 unspecified atom stereocenters. The summed E-state index contributed by atoms with van der Waals surface area (Å²) in [7, 11) is 0. The zero-order valence-corrected chi connectivity index (χ0v) is 13.1. The van der Waals surface area contributed by atoms with E-state index >= 15 is 0 Å². The van der Waals surface area contributed by atoms with Crippen LogP contribution < -0.4 is 0 Å². The maximum atomic E-state index is 12.4. The van der Waals surface area contributed by atoms with Gasteiger partial charge >= 0.3 is 5.97 Å². The van der Waals surface area contributed by atoms with E-state index in [2.05, 4.69) is 5.10 Å². The predicted molar refractivity (Wildman–Crippen MR) is 82.8 cm³/mol. The molecule has 22 heavy (non-hydrogen) atoms. The lowest BCUT2D eigenvalue weighted by Crippen LogP contribution is -2.26. The first kappa shape index (κ1) is 15.9. The normalized spacial score (nSPS) is 12.0. The summed E-state index contributed by atoms with van der Waals surface area (Å²) in [6.07, 6.45) is 0.0325. The Bertz CT molecular complexity index is 662. The van der Waals surface area contributed by atoms with Crippen molar-refractivity contribution in [1.82, 2.24) is 9.78 Å². The molecular weight excluding hydrogens is 280 g/mol. The molecule has 1 heterocycles. The van der Waals surface area contributed by atoms with Gasteiger partial charge in [0.05, 0.1) is 12.3 Å². The summed E-state index contributed by atoms with van der Waals surface area (Å²) in [5.74, 6) is -0.538. The zero-order chi connectivity index (χ0) is 16.1. The van der Waals surface area contributed by atoms with Crippen LogP contribution in [-0.4, -0.2) is 28.1 Å². The molecule has 0 fully saturated rings. The quantitative estimate of drug-likeness (QED) is 0.608. The second-order valence-corrected chi connectivity index (χ2v) is 5.13. The minimum atomic E-state index is -0.735. The molecule has 0 N–H and O–H groups in total. The van der Waals surface area contributed by atoms with Gasteiger partial charge in [-0.2, -0.15) is 5.10 Å². The summed E-state index contributed by atoms with van der Waals surface area (Å²) in [5.41, 5.74) is 2.22. The lowest BCUT2D eigenvalue weighted by atomic mass is 10.0. The molecule has 0 aliphatic rings. The van der Waals surface area contributed by atoms with Crippen LogP contribution in [0.25, 0.3) is 0 Å². The highest BCUT2D eigenvalue weighted by Gasteiger charge is 2.27. The van der Waals surface area contributed by atoms with E-state index in [-0.39, 0.29) is 18.8 Å². The van der Waals surface area contributed by atoms with Crippen LogP contribution in [0.1, 0.15) is 41.1 Å². The molecule has 2 aromatic rings. The molecule has 1 aromatic carbocycles. The molecule has 1 aromatic heterocycles. The zero-order valence-electron chi connectivity index (χ0n) is 13.1. The SMILES string of the molecule is CCOC(=O)C(CC(=O)c1ccccc1)n1nc(C)cc1C. The van der Waals surface area contributed by atoms with Crippen LogP contribution in [-0.2, 0) is 9.53 Å². The first-order chi connectivity index (χ1) is 10.5. The van der Waals surface area contributed by atoms with E-state index in [0.717, 1.165) is 11.4 Å². The number of aryl methyl sites for hydroxylation is 2. The lowest BCUT2D eigenvalue weighted by Gasteiger charge is -2.17. The van der Waals surface area contributed by atoms with Crippen molar-refractivity contribution in [1.29, 1.82) is 0 Å². The van der Waals surface area contributed by atoms with Gasteiger partial charge in [0, 0.05) is 17.7 Å². The molecule has 0 saturated carbocycles. The van der Waals surface area contributed by atoms with Crippen molar-refractivity contribution in [3.05, 3.63) is 53.3 Å². The number of nitrogens with zero attached hydrogens (tertiary/aromatic N) is 2. The summed E-state index contributed by atoms with van der Waals surface area (Å²) >= 11 is 0. The van der Waals surface area contributed by atoms with E-state index in [1.54, 1.807) is 35.9 Å². The van der Waals surface area contributed by atoms with E-state index in [0.29, 0.717) is 5.56 Å². The Kier molecular flexibility index (Phi) is 5.09. The monoisotopic (exact) mass is 300 g/mol. The Morgan fingerprint density at radius 1 is 1.23 bits per heavy atom. The number of ketones is 1. The molecule has 116 valence electrons. The Balaban J connectivity index is 2.27. The molecule has 2 rings (SSSR count). The molecule has 0 radical (unpaired) electrons. The fraction of sp³-hybridized carbons (Fsp3) is 0.353. The van der Waals surface area contributed by atoms with E-state index in [4.69, 9.17) is 4.74 Å². The molecule has 5 heteroatoms. The fourth-order valence-corrected chi connectivity index (χ4v) is 2.39. The second kappa shape index (κ2) is 7.02. The lowest BCUT2D eigenvalue weighted by molar-refractivity contribution is -0.147. The number of esters is 1. The summed E-state index contributed by atoms with van der Waals surface area (Å²) in [5, 5.41) is 4.32. The van der Waals surface area contributed by atoms with E-state index in [1.807, 2.05) is 26.0 Å².